The molecule has 0 aliphatic carbocycles. The molecule has 0 spiro atoms. The molecular formula is C19H22BrNO2. The van der Waals surface area contributed by atoms with Crippen LogP contribution >= 0.6 is 15.9 Å². The Hall–Kier alpha value is -1.65. The molecule has 0 amide bonds. The van der Waals surface area contributed by atoms with Crippen LogP contribution in [0, 0.1) is 0 Å². The van der Waals surface area contributed by atoms with Gasteiger partial charge in [-0.3, -0.25) is 9.69 Å². The van der Waals surface area contributed by atoms with E-state index in [1.54, 1.807) is 6.92 Å². The highest BCUT2D eigenvalue weighted by atomic mass is 79.9. The summed E-state index contributed by atoms with van der Waals surface area (Å²) in [6, 6.07) is 14.0. The average Bonchev–Trinajstić information content (AvgIpc) is 2.51. The molecule has 0 saturated carbocycles. The molecule has 4 heteroatoms. The van der Waals surface area contributed by atoms with Crippen LogP contribution in [0.25, 0.3) is 0 Å². The molecule has 122 valence electrons. The molecule has 0 fully saturated rings. The first kappa shape index (κ1) is 17.7. The van der Waals surface area contributed by atoms with Crippen molar-refractivity contribution in [3.05, 3.63) is 63.6 Å². The summed E-state index contributed by atoms with van der Waals surface area (Å²) >= 11 is 3.45. The molecule has 0 unspecified atom stereocenters. The lowest BCUT2D eigenvalue weighted by Crippen LogP contribution is -2.18. The fourth-order valence-electron chi connectivity index (χ4n) is 2.47. The van der Waals surface area contributed by atoms with Gasteiger partial charge in [0.05, 0.1) is 6.61 Å². The zero-order chi connectivity index (χ0) is 16.8. The first-order valence-corrected chi connectivity index (χ1v) is 8.48. The van der Waals surface area contributed by atoms with Crippen LogP contribution in [0.1, 0.15) is 35.3 Å². The number of ether oxygens (including phenoxy) is 1. The number of ketones is 1. The number of carbonyl (C=O) groups excluding carboxylic acids is 1. The van der Waals surface area contributed by atoms with Gasteiger partial charge in [-0.2, -0.15) is 0 Å². The molecule has 3 nitrogen and oxygen atoms in total. The second-order valence-corrected chi connectivity index (χ2v) is 6.53. The lowest BCUT2D eigenvalue weighted by Gasteiger charge is -2.19. The first-order chi connectivity index (χ1) is 11.0. The van der Waals surface area contributed by atoms with E-state index in [1.165, 1.54) is 5.56 Å². The van der Waals surface area contributed by atoms with Crippen molar-refractivity contribution in [1.82, 2.24) is 4.90 Å². The van der Waals surface area contributed by atoms with E-state index in [0.717, 1.165) is 34.4 Å². The smallest absolute Gasteiger partial charge is 0.159 e. The summed E-state index contributed by atoms with van der Waals surface area (Å²) in [6.45, 7) is 5.73. The molecule has 23 heavy (non-hydrogen) atoms. The maximum Gasteiger partial charge on any atom is 0.159 e. The van der Waals surface area contributed by atoms with Crippen molar-refractivity contribution in [2.24, 2.45) is 0 Å². The van der Waals surface area contributed by atoms with Gasteiger partial charge in [-0.15, -0.1) is 0 Å². The Kier molecular flexibility index (Phi) is 6.37. The van der Waals surface area contributed by atoms with Gasteiger partial charge in [0.1, 0.15) is 5.75 Å². The summed E-state index contributed by atoms with van der Waals surface area (Å²) < 4.78 is 6.77. The van der Waals surface area contributed by atoms with Gasteiger partial charge in [-0.05, 0) is 56.8 Å². The monoisotopic (exact) mass is 375 g/mol. The normalized spacial score (nSPS) is 10.8. The average molecular weight is 376 g/mol. The van der Waals surface area contributed by atoms with Gasteiger partial charge in [0.15, 0.2) is 5.78 Å². The minimum Gasteiger partial charge on any atom is -0.494 e. The highest BCUT2D eigenvalue weighted by Crippen LogP contribution is 2.23. The molecule has 2 aromatic rings. The Balaban J connectivity index is 2.14. The van der Waals surface area contributed by atoms with Crippen molar-refractivity contribution in [2.45, 2.75) is 26.9 Å². The van der Waals surface area contributed by atoms with Gasteiger partial charge in [-0.1, -0.05) is 28.1 Å². The lowest BCUT2D eigenvalue weighted by atomic mass is 10.1. The number of halogens is 1. The first-order valence-electron chi connectivity index (χ1n) is 7.69. The van der Waals surface area contributed by atoms with E-state index in [9.17, 15) is 4.79 Å². The SMILES string of the molecule is CCOc1ccc(C(C)=O)cc1CN(C)Cc1ccc(Br)cc1. The molecular weight excluding hydrogens is 354 g/mol. The maximum atomic E-state index is 11.6. The summed E-state index contributed by atoms with van der Waals surface area (Å²) in [4.78, 5) is 13.8. The second-order valence-electron chi connectivity index (χ2n) is 5.61. The summed E-state index contributed by atoms with van der Waals surface area (Å²) in [5.41, 5.74) is 3.01. The third-order valence-corrected chi connectivity index (χ3v) is 4.10. The van der Waals surface area contributed by atoms with Crippen LogP contribution in [0.15, 0.2) is 46.9 Å². The number of hydrogen-bond donors (Lipinski definition) is 0. The molecule has 2 aromatic carbocycles. The van der Waals surface area contributed by atoms with Crippen molar-refractivity contribution in [3.8, 4) is 5.75 Å². The topological polar surface area (TPSA) is 29.5 Å². The third-order valence-electron chi connectivity index (χ3n) is 3.57. The Morgan fingerprint density at radius 3 is 2.43 bits per heavy atom. The third kappa shape index (κ3) is 5.19. The molecule has 0 heterocycles. The highest BCUT2D eigenvalue weighted by Gasteiger charge is 2.10. The fraction of sp³-hybridized carbons (Fsp3) is 0.316. The van der Waals surface area contributed by atoms with Crippen LogP contribution in [-0.2, 0) is 13.1 Å². The van der Waals surface area contributed by atoms with Crippen LogP contribution in [0.5, 0.6) is 5.75 Å². The minimum absolute atomic E-state index is 0.0739. The second kappa shape index (κ2) is 8.27. The zero-order valence-corrected chi connectivity index (χ0v) is 15.4. The van der Waals surface area contributed by atoms with Crippen molar-refractivity contribution < 1.29 is 9.53 Å². The maximum absolute atomic E-state index is 11.6. The molecule has 0 saturated heterocycles. The largest absolute Gasteiger partial charge is 0.494 e. The molecule has 0 aliphatic rings. The Morgan fingerprint density at radius 1 is 1.13 bits per heavy atom. The van der Waals surface area contributed by atoms with Crippen molar-refractivity contribution in [2.75, 3.05) is 13.7 Å². The van der Waals surface area contributed by atoms with E-state index < -0.39 is 0 Å². The van der Waals surface area contributed by atoms with E-state index in [1.807, 2.05) is 37.3 Å². The van der Waals surface area contributed by atoms with E-state index in [0.29, 0.717) is 6.61 Å². The number of carbonyl (C=O) groups is 1. The van der Waals surface area contributed by atoms with Crippen molar-refractivity contribution >= 4 is 21.7 Å². The van der Waals surface area contributed by atoms with E-state index in [-0.39, 0.29) is 5.78 Å². The van der Waals surface area contributed by atoms with Crippen LogP contribution in [0.3, 0.4) is 0 Å². The molecule has 2 rings (SSSR count). The van der Waals surface area contributed by atoms with E-state index in [4.69, 9.17) is 4.74 Å². The number of benzene rings is 2. The molecule has 0 N–H and O–H groups in total. The van der Waals surface area contributed by atoms with Gasteiger partial charge in [0.2, 0.25) is 0 Å². The van der Waals surface area contributed by atoms with Gasteiger partial charge in [0.25, 0.3) is 0 Å². The quantitative estimate of drug-likeness (QED) is 0.657. The summed E-state index contributed by atoms with van der Waals surface area (Å²) in [6.07, 6.45) is 0. The lowest BCUT2D eigenvalue weighted by molar-refractivity contribution is 0.101. The number of rotatable bonds is 7. The minimum atomic E-state index is 0.0739. The van der Waals surface area contributed by atoms with Crippen LogP contribution in [0.2, 0.25) is 0 Å². The predicted molar refractivity (Wildman–Crippen MR) is 96.9 cm³/mol. The number of nitrogens with zero attached hydrogens (tertiary/aromatic N) is 1. The molecule has 0 radical (unpaired) electrons. The molecule has 0 aromatic heterocycles. The van der Waals surface area contributed by atoms with Crippen molar-refractivity contribution in [3.63, 3.8) is 0 Å². The fourth-order valence-corrected chi connectivity index (χ4v) is 2.73. The van der Waals surface area contributed by atoms with Gasteiger partial charge in [-0.25, -0.2) is 0 Å². The molecule has 0 aliphatic heterocycles. The Morgan fingerprint density at radius 2 is 1.83 bits per heavy atom. The Bertz CT molecular complexity index is 668. The highest BCUT2D eigenvalue weighted by molar-refractivity contribution is 9.10. The summed E-state index contributed by atoms with van der Waals surface area (Å²) in [7, 11) is 2.07. The Labute approximate surface area is 146 Å². The number of hydrogen-bond acceptors (Lipinski definition) is 3. The van der Waals surface area contributed by atoms with Crippen LogP contribution in [-0.4, -0.2) is 24.3 Å². The standard InChI is InChI=1S/C19H22BrNO2/c1-4-23-19-10-7-16(14(2)22)11-17(19)13-21(3)12-15-5-8-18(20)9-6-15/h5-11H,4,12-13H2,1-3H3. The van der Waals surface area contributed by atoms with Gasteiger partial charge >= 0.3 is 0 Å². The summed E-state index contributed by atoms with van der Waals surface area (Å²) in [5.74, 6) is 0.921. The van der Waals surface area contributed by atoms with Gasteiger partial charge < -0.3 is 4.74 Å². The van der Waals surface area contributed by atoms with Gasteiger partial charge in [0, 0.05) is 28.7 Å². The molecule has 0 atom stereocenters. The van der Waals surface area contributed by atoms with Crippen LogP contribution < -0.4 is 4.74 Å². The number of Topliss-reactive ketones (excluding diaryl/α,β-unsaturated/α-hetero) is 1. The predicted octanol–water partition coefficient (Wildman–Crippen LogP) is 4.68. The summed E-state index contributed by atoms with van der Waals surface area (Å²) in [5, 5.41) is 0. The van der Waals surface area contributed by atoms with E-state index >= 15 is 0 Å². The van der Waals surface area contributed by atoms with E-state index in [2.05, 4.69) is 40.0 Å². The molecule has 0 bridgehead atoms. The van der Waals surface area contributed by atoms with Crippen LogP contribution in [0.4, 0.5) is 0 Å². The zero-order valence-electron chi connectivity index (χ0n) is 13.8. The van der Waals surface area contributed by atoms with Crippen molar-refractivity contribution in [1.29, 1.82) is 0 Å².